The number of fused-ring (bicyclic) bond motifs is 9. The first kappa shape index (κ1) is 35.6. The lowest BCUT2D eigenvalue weighted by Gasteiger charge is -2.42. The molecular formula is C58H50N2. The monoisotopic (exact) mass is 774 g/mol. The number of rotatable bonds is 5. The molecule has 1 unspecified atom stereocenters. The Hall–Kier alpha value is -6.38. The highest BCUT2D eigenvalue weighted by Crippen LogP contribution is 2.53. The number of nitrogens with zero attached hydrogens (tertiary/aromatic N) is 2. The second kappa shape index (κ2) is 13.1. The number of aromatic nitrogens is 1. The van der Waals surface area contributed by atoms with Gasteiger partial charge in [0.05, 0.1) is 16.7 Å². The minimum atomic E-state index is -0.171. The van der Waals surface area contributed by atoms with E-state index in [1.165, 1.54) is 125 Å². The normalized spacial score (nSPS) is 18.3. The van der Waals surface area contributed by atoms with Gasteiger partial charge in [-0.1, -0.05) is 168 Å². The molecule has 0 amide bonds. The van der Waals surface area contributed by atoms with Gasteiger partial charge in [-0.15, -0.1) is 0 Å². The number of hydrogen-bond donors (Lipinski definition) is 0. The Balaban J connectivity index is 0.974. The van der Waals surface area contributed by atoms with Crippen molar-refractivity contribution in [2.75, 3.05) is 4.90 Å². The molecule has 12 rings (SSSR count). The van der Waals surface area contributed by atoms with Gasteiger partial charge in [-0.3, -0.25) is 0 Å². The summed E-state index contributed by atoms with van der Waals surface area (Å²) in [7, 11) is 0. The SMILES string of the molecule is CC1(C)c2cc(-c3ccc4c(c3)c3cccc5c3n4-c3ccccc3C5(C)C)ccc2-c2ccc(N(c3cccc4ccccc34)C3CCCC[C@H]3c3ccccc3)cc21. The van der Waals surface area contributed by atoms with Gasteiger partial charge >= 0.3 is 0 Å². The molecule has 0 bridgehead atoms. The molecule has 0 radical (unpaired) electrons. The van der Waals surface area contributed by atoms with Crippen LogP contribution in [0.3, 0.4) is 0 Å². The van der Waals surface area contributed by atoms with Gasteiger partial charge in [0.25, 0.3) is 0 Å². The molecule has 2 atom stereocenters. The zero-order valence-electron chi connectivity index (χ0n) is 35.0. The van der Waals surface area contributed by atoms with E-state index in [1.807, 2.05) is 0 Å². The Kier molecular flexibility index (Phi) is 7.74. The highest BCUT2D eigenvalue weighted by molar-refractivity contribution is 6.12. The molecule has 2 aliphatic carbocycles. The third-order valence-electron chi connectivity index (χ3n) is 14.9. The van der Waals surface area contributed by atoms with Gasteiger partial charge in [0.1, 0.15) is 0 Å². The molecule has 292 valence electrons. The lowest BCUT2D eigenvalue weighted by atomic mass is 9.75. The van der Waals surface area contributed by atoms with Crippen LogP contribution in [-0.2, 0) is 10.8 Å². The molecular weight excluding hydrogens is 725 g/mol. The maximum absolute atomic E-state index is 2.73. The van der Waals surface area contributed by atoms with Crippen LogP contribution in [0, 0.1) is 0 Å². The molecule has 1 saturated carbocycles. The largest absolute Gasteiger partial charge is 0.337 e. The van der Waals surface area contributed by atoms with Crippen LogP contribution in [0.15, 0.2) is 170 Å². The summed E-state index contributed by atoms with van der Waals surface area (Å²) >= 11 is 0. The van der Waals surface area contributed by atoms with Crippen molar-refractivity contribution in [2.24, 2.45) is 0 Å². The minimum absolute atomic E-state index is 0.0737. The smallest absolute Gasteiger partial charge is 0.0582 e. The molecule has 8 aromatic carbocycles. The fourth-order valence-corrected chi connectivity index (χ4v) is 11.8. The molecule has 3 aliphatic rings. The van der Waals surface area contributed by atoms with Crippen LogP contribution in [0.1, 0.15) is 87.1 Å². The maximum atomic E-state index is 2.73. The van der Waals surface area contributed by atoms with Gasteiger partial charge in [0, 0.05) is 50.3 Å². The first-order chi connectivity index (χ1) is 29.3. The van der Waals surface area contributed by atoms with Crippen molar-refractivity contribution in [3.05, 3.63) is 198 Å². The van der Waals surface area contributed by atoms with Crippen LogP contribution >= 0.6 is 0 Å². The molecule has 1 aromatic heterocycles. The molecule has 0 N–H and O–H groups in total. The molecule has 1 fully saturated rings. The predicted molar refractivity (Wildman–Crippen MR) is 253 cm³/mol. The van der Waals surface area contributed by atoms with E-state index in [1.54, 1.807) is 0 Å². The Bertz CT molecular complexity index is 3170. The first-order valence-corrected chi connectivity index (χ1v) is 22.1. The zero-order valence-corrected chi connectivity index (χ0v) is 35.0. The third-order valence-corrected chi connectivity index (χ3v) is 14.9. The average molecular weight is 775 g/mol. The van der Waals surface area contributed by atoms with Crippen LogP contribution in [0.4, 0.5) is 11.4 Å². The fourth-order valence-electron chi connectivity index (χ4n) is 11.8. The number of anilines is 2. The quantitative estimate of drug-likeness (QED) is 0.169. The molecule has 0 spiro atoms. The Morgan fingerprint density at radius 2 is 1.15 bits per heavy atom. The van der Waals surface area contributed by atoms with E-state index >= 15 is 0 Å². The van der Waals surface area contributed by atoms with Gasteiger partial charge in [-0.2, -0.15) is 0 Å². The van der Waals surface area contributed by atoms with Crippen molar-refractivity contribution in [2.45, 2.75) is 76.2 Å². The molecule has 2 heteroatoms. The number of benzene rings is 8. The van der Waals surface area contributed by atoms with E-state index in [4.69, 9.17) is 0 Å². The summed E-state index contributed by atoms with van der Waals surface area (Å²) in [4.78, 5) is 2.73. The third kappa shape index (κ3) is 5.06. The van der Waals surface area contributed by atoms with Crippen molar-refractivity contribution in [1.82, 2.24) is 4.57 Å². The highest BCUT2D eigenvalue weighted by atomic mass is 15.2. The Morgan fingerprint density at radius 1 is 0.500 bits per heavy atom. The first-order valence-electron chi connectivity index (χ1n) is 22.1. The summed E-state index contributed by atoms with van der Waals surface area (Å²) in [6, 6.07) is 65.1. The van der Waals surface area contributed by atoms with Crippen LogP contribution in [0.2, 0.25) is 0 Å². The second-order valence-electron chi connectivity index (χ2n) is 18.8. The van der Waals surface area contributed by atoms with Gasteiger partial charge in [-0.25, -0.2) is 0 Å². The van der Waals surface area contributed by atoms with E-state index in [2.05, 4.69) is 207 Å². The standard InChI is InChI=1S/C58H50N2/c1-57(2)48-23-11-13-26-55(48)60-54-33-29-39(34-47(54)46-22-15-24-49(57)56(46)60)40-28-31-44-45-32-30-41(36-51(45)58(3,4)50(44)35-40)59(53-27-14-19-38-18-8-9-20-43(38)53)52-25-12-10-21-42(52)37-16-6-5-7-17-37/h5-9,11,13-20,22-24,26-36,42,52H,10,12,21,25H2,1-4H3/t42-,52?/m0/s1. The molecule has 2 heterocycles. The Labute approximate surface area is 353 Å². The van der Waals surface area contributed by atoms with E-state index in [0.29, 0.717) is 12.0 Å². The summed E-state index contributed by atoms with van der Waals surface area (Å²) < 4.78 is 2.52. The minimum Gasteiger partial charge on any atom is -0.337 e. The average Bonchev–Trinajstić information content (AvgIpc) is 3.74. The summed E-state index contributed by atoms with van der Waals surface area (Å²) in [6.45, 7) is 9.62. The van der Waals surface area contributed by atoms with Crippen LogP contribution in [0.25, 0.3) is 60.5 Å². The van der Waals surface area contributed by atoms with Crippen molar-refractivity contribution in [3.63, 3.8) is 0 Å². The molecule has 0 saturated heterocycles. The lowest BCUT2D eigenvalue weighted by Crippen LogP contribution is -2.39. The van der Waals surface area contributed by atoms with E-state index in [-0.39, 0.29) is 10.8 Å². The fraction of sp³-hybridized carbons (Fsp3) is 0.207. The van der Waals surface area contributed by atoms with Crippen LogP contribution in [-0.4, -0.2) is 10.6 Å². The Morgan fingerprint density at radius 3 is 2.03 bits per heavy atom. The van der Waals surface area contributed by atoms with E-state index in [0.717, 1.165) is 0 Å². The molecule has 60 heavy (non-hydrogen) atoms. The summed E-state index contributed by atoms with van der Waals surface area (Å²) in [5.41, 5.74) is 18.6. The number of hydrogen-bond acceptors (Lipinski definition) is 1. The summed E-state index contributed by atoms with van der Waals surface area (Å²) in [5, 5.41) is 5.25. The lowest BCUT2D eigenvalue weighted by molar-refractivity contribution is 0.381. The maximum Gasteiger partial charge on any atom is 0.0582 e. The summed E-state index contributed by atoms with van der Waals surface area (Å²) in [6.07, 6.45) is 4.90. The van der Waals surface area contributed by atoms with E-state index < -0.39 is 0 Å². The zero-order chi connectivity index (χ0) is 40.3. The highest BCUT2D eigenvalue weighted by Gasteiger charge is 2.39. The van der Waals surface area contributed by atoms with Crippen LogP contribution < -0.4 is 4.90 Å². The topological polar surface area (TPSA) is 8.17 Å². The van der Waals surface area contributed by atoms with Crippen molar-refractivity contribution >= 4 is 44.0 Å². The van der Waals surface area contributed by atoms with Crippen LogP contribution in [0.5, 0.6) is 0 Å². The van der Waals surface area contributed by atoms with Gasteiger partial charge in [-0.05, 0) is 111 Å². The van der Waals surface area contributed by atoms with Crippen molar-refractivity contribution in [3.8, 4) is 27.9 Å². The summed E-state index contributed by atoms with van der Waals surface area (Å²) in [5.74, 6) is 0.456. The van der Waals surface area contributed by atoms with Gasteiger partial charge in [0.15, 0.2) is 0 Å². The molecule has 2 nitrogen and oxygen atoms in total. The van der Waals surface area contributed by atoms with E-state index in [9.17, 15) is 0 Å². The van der Waals surface area contributed by atoms with Gasteiger partial charge < -0.3 is 9.47 Å². The van der Waals surface area contributed by atoms with Crippen molar-refractivity contribution in [1.29, 1.82) is 0 Å². The van der Waals surface area contributed by atoms with Gasteiger partial charge in [0.2, 0.25) is 0 Å². The molecule has 1 aliphatic heterocycles. The number of para-hydroxylation sites is 2. The van der Waals surface area contributed by atoms with Crippen molar-refractivity contribution < 1.29 is 0 Å². The predicted octanol–water partition coefficient (Wildman–Crippen LogP) is 15.4. The second-order valence-corrected chi connectivity index (χ2v) is 18.8. The molecule has 9 aromatic rings.